The van der Waals surface area contributed by atoms with E-state index in [4.69, 9.17) is 9.84 Å². The number of carboxylic acids is 1. The van der Waals surface area contributed by atoms with Crippen molar-refractivity contribution in [2.45, 2.75) is 13.3 Å². The molecule has 1 aliphatic rings. The molecular weight excluding hydrogens is 284 g/mol. The van der Waals surface area contributed by atoms with Crippen molar-refractivity contribution in [3.63, 3.8) is 0 Å². The lowest BCUT2D eigenvalue weighted by atomic mass is 10.2. The Bertz CT molecular complexity index is 612. The maximum atomic E-state index is 11.6. The molecule has 6 heteroatoms. The lowest BCUT2D eigenvalue weighted by Crippen LogP contribution is -2.35. The predicted molar refractivity (Wildman–Crippen MR) is 84.6 cm³/mol. The smallest absolute Gasteiger partial charge is 0.305 e. The van der Waals surface area contributed by atoms with E-state index in [1.165, 1.54) is 0 Å². The summed E-state index contributed by atoms with van der Waals surface area (Å²) in [6, 6.07) is 5.51. The van der Waals surface area contributed by atoms with Gasteiger partial charge in [-0.1, -0.05) is 12.2 Å². The topological polar surface area (TPSA) is 70.1 Å². The molecule has 0 unspecified atom stereocenters. The fourth-order valence-corrected chi connectivity index (χ4v) is 2.32. The van der Waals surface area contributed by atoms with Gasteiger partial charge in [0.15, 0.2) is 6.61 Å². The van der Waals surface area contributed by atoms with E-state index in [2.05, 4.69) is 6.58 Å². The molecule has 118 valence electrons. The van der Waals surface area contributed by atoms with E-state index in [0.29, 0.717) is 24.5 Å². The average Bonchev–Trinajstić information content (AvgIpc) is 2.46. The van der Waals surface area contributed by atoms with Crippen LogP contribution >= 0.6 is 0 Å². The first kappa shape index (κ1) is 15.9. The van der Waals surface area contributed by atoms with Crippen LogP contribution in [0.25, 0.3) is 0 Å². The van der Waals surface area contributed by atoms with Crippen LogP contribution in [0.2, 0.25) is 0 Å². The first-order valence-corrected chi connectivity index (χ1v) is 7.03. The normalized spacial score (nSPS) is 13.4. The van der Waals surface area contributed by atoms with Crippen molar-refractivity contribution in [1.82, 2.24) is 0 Å². The van der Waals surface area contributed by atoms with E-state index in [-0.39, 0.29) is 18.9 Å². The summed E-state index contributed by atoms with van der Waals surface area (Å²) in [4.78, 5) is 25.9. The van der Waals surface area contributed by atoms with Crippen LogP contribution in [0, 0.1) is 0 Å². The average molecular weight is 304 g/mol. The Morgan fingerprint density at radius 2 is 2.23 bits per heavy atom. The number of rotatable bonds is 6. The van der Waals surface area contributed by atoms with E-state index in [1.54, 1.807) is 11.9 Å². The molecule has 1 heterocycles. The fourth-order valence-electron chi connectivity index (χ4n) is 2.32. The van der Waals surface area contributed by atoms with Gasteiger partial charge in [0.2, 0.25) is 0 Å². The van der Waals surface area contributed by atoms with Gasteiger partial charge in [0, 0.05) is 31.9 Å². The molecule has 0 saturated carbocycles. The molecule has 0 atom stereocenters. The zero-order chi connectivity index (χ0) is 16.3. The van der Waals surface area contributed by atoms with E-state index >= 15 is 0 Å². The minimum Gasteiger partial charge on any atom is -0.481 e. The Hall–Kier alpha value is -2.50. The van der Waals surface area contributed by atoms with Gasteiger partial charge in [-0.05, 0) is 19.1 Å². The summed E-state index contributed by atoms with van der Waals surface area (Å²) < 4.78 is 5.47. The number of ether oxygens (including phenoxy) is 1. The molecule has 0 fully saturated rings. The van der Waals surface area contributed by atoms with Gasteiger partial charge in [0.25, 0.3) is 5.91 Å². The quantitative estimate of drug-likeness (QED) is 0.813. The molecule has 1 aromatic carbocycles. The van der Waals surface area contributed by atoms with Gasteiger partial charge in [-0.15, -0.1) is 0 Å². The highest BCUT2D eigenvalue weighted by Gasteiger charge is 2.23. The minimum atomic E-state index is -0.841. The van der Waals surface area contributed by atoms with Gasteiger partial charge in [-0.3, -0.25) is 9.59 Å². The van der Waals surface area contributed by atoms with Crippen molar-refractivity contribution >= 4 is 23.3 Å². The zero-order valence-corrected chi connectivity index (χ0v) is 12.8. The lowest BCUT2D eigenvalue weighted by Gasteiger charge is -2.29. The van der Waals surface area contributed by atoms with Crippen molar-refractivity contribution in [2.75, 3.05) is 36.5 Å². The van der Waals surface area contributed by atoms with Crippen LogP contribution in [-0.2, 0) is 9.59 Å². The number of hydrogen-bond acceptors (Lipinski definition) is 4. The number of anilines is 2. The molecule has 1 aliphatic heterocycles. The first-order valence-electron chi connectivity index (χ1n) is 7.03. The van der Waals surface area contributed by atoms with Crippen molar-refractivity contribution in [3.8, 4) is 5.75 Å². The maximum absolute atomic E-state index is 11.6. The van der Waals surface area contributed by atoms with E-state index in [9.17, 15) is 9.59 Å². The van der Waals surface area contributed by atoms with Crippen molar-refractivity contribution < 1.29 is 19.4 Å². The van der Waals surface area contributed by atoms with Gasteiger partial charge in [0.1, 0.15) is 5.75 Å². The van der Waals surface area contributed by atoms with Gasteiger partial charge in [0.05, 0.1) is 12.1 Å². The lowest BCUT2D eigenvalue weighted by molar-refractivity contribution is -0.136. The number of carbonyl (C=O) groups is 2. The Kier molecular flexibility index (Phi) is 4.70. The maximum Gasteiger partial charge on any atom is 0.305 e. The number of carbonyl (C=O) groups excluding carboxylic acids is 1. The van der Waals surface area contributed by atoms with Crippen molar-refractivity contribution in [1.29, 1.82) is 0 Å². The second kappa shape index (κ2) is 6.51. The van der Waals surface area contributed by atoms with Crippen LogP contribution in [0.5, 0.6) is 5.75 Å². The molecule has 1 aromatic rings. The molecule has 0 spiro atoms. The van der Waals surface area contributed by atoms with Gasteiger partial charge >= 0.3 is 5.97 Å². The molecule has 0 aliphatic carbocycles. The van der Waals surface area contributed by atoms with E-state index in [0.717, 1.165) is 11.3 Å². The van der Waals surface area contributed by atoms with Crippen LogP contribution < -0.4 is 14.5 Å². The molecule has 6 nitrogen and oxygen atoms in total. The van der Waals surface area contributed by atoms with E-state index in [1.807, 2.05) is 30.0 Å². The number of aliphatic carboxylic acids is 1. The molecule has 0 aromatic heterocycles. The summed E-state index contributed by atoms with van der Waals surface area (Å²) in [5, 5.41) is 8.88. The second-order valence-corrected chi connectivity index (χ2v) is 5.42. The number of hydrogen-bond donors (Lipinski definition) is 1. The van der Waals surface area contributed by atoms with Crippen LogP contribution in [-0.4, -0.2) is 43.7 Å². The number of fused-ring (bicyclic) bond motifs is 1. The third-order valence-corrected chi connectivity index (χ3v) is 3.45. The molecule has 1 amide bonds. The van der Waals surface area contributed by atoms with Crippen LogP contribution in [0.4, 0.5) is 11.4 Å². The number of nitrogens with zero attached hydrogens (tertiary/aromatic N) is 2. The van der Waals surface area contributed by atoms with E-state index < -0.39 is 5.97 Å². The van der Waals surface area contributed by atoms with Crippen molar-refractivity contribution in [2.24, 2.45) is 0 Å². The molecule has 1 N–H and O–H groups in total. The number of benzene rings is 1. The highest BCUT2D eigenvalue weighted by molar-refractivity contribution is 5.97. The van der Waals surface area contributed by atoms with Gasteiger partial charge in [-0.25, -0.2) is 0 Å². The summed E-state index contributed by atoms with van der Waals surface area (Å²) in [7, 11) is 1.71. The Morgan fingerprint density at radius 1 is 1.50 bits per heavy atom. The molecule has 0 bridgehead atoms. The molecule has 22 heavy (non-hydrogen) atoms. The highest BCUT2D eigenvalue weighted by Crippen LogP contribution is 2.35. The molecular formula is C16H20N2O4. The third-order valence-electron chi connectivity index (χ3n) is 3.45. The van der Waals surface area contributed by atoms with Crippen LogP contribution in [0.15, 0.2) is 30.4 Å². The fraction of sp³-hybridized carbons (Fsp3) is 0.375. The molecule has 2 rings (SSSR count). The summed E-state index contributed by atoms with van der Waals surface area (Å²) in [6.45, 7) is 6.75. The monoisotopic (exact) mass is 304 g/mol. The van der Waals surface area contributed by atoms with Crippen molar-refractivity contribution in [3.05, 3.63) is 30.4 Å². The highest BCUT2D eigenvalue weighted by atomic mass is 16.5. The minimum absolute atomic E-state index is 0.0164. The summed E-state index contributed by atoms with van der Waals surface area (Å²) in [5.41, 5.74) is 2.51. The second-order valence-electron chi connectivity index (χ2n) is 5.42. The van der Waals surface area contributed by atoms with Crippen LogP contribution in [0.1, 0.15) is 13.3 Å². The Morgan fingerprint density at radius 3 is 2.86 bits per heavy atom. The summed E-state index contributed by atoms with van der Waals surface area (Å²) in [5.74, 6) is -0.308. The Balaban J connectivity index is 2.26. The summed E-state index contributed by atoms with van der Waals surface area (Å²) >= 11 is 0. The number of carboxylic acid groups (broad SMARTS) is 1. The van der Waals surface area contributed by atoms with Gasteiger partial charge < -0.3 is 19.6 Å². The molecule has 0 saturated heterocycles. The number of amides is 1. The molecule has 0 radical (unpaired) electrons. The predicted octanol–water partition coefficient (Wildman–Crippen LogP) is 1.90. The van der Waals surface area contributed by atoms with Gasteiger partial charge in [-0.2, -0.15) is 0 Å². The SMILES string of the molecule is C=C(C)CN(CCC(=O)O)c1ccc2c(c1)OCC(=O)N2C. The standard InChI is InChI=1S/C16H20N2O4/c1-11(2)9-18(7-6-16(20)21)12-4-5-13-14(8-12)22-10-15(19)17(13)3/h4-5,8H,1,6-7,9-10H2,2-3H3,(H,20,21). The third kappa shape index (κ3) is 3.58. The van der Waals surface area contributed by atoms with Crippen LogP contribution in [0.3, 0.4) is 0 Å². The first-order chi connectivity index (χ1) is 10.4. The Labute approximate surface area is 129 Å². The number of likely N-dealkylation sites (N-methyl/N-ethyl adjacent to an activating group) is 1. The summed E-state index contributed by atoms with van der Waals surface area (Å²) in [6.07, 6.45) is 0.0452. The zero-order valence-electron chi connectivity index (χ0n) is 12.8. The largest absolute Gasteiger partial charge is 0.481 e.